The minimum Gasteiger partial charge on any atom is -0.341 e. The summed E-state index contributed by atoms with van der Waals surface area (Å²) in [6, 6.07) is 13.8. The Balaban J connectivity index is 1.60. The Kier molecular flexibility index (Phi) is 7.83. The first-order valence-electron chi connectivity index (χ1n) is 10.7. The van der Waals surface area contributed by atoms with Crippen molar-refractivity contribution >= 4 is 39.1 Å². The van der Waals surface area contributed by atoms with Gasteiger partial charge < -0.3 is 15.5 Å². The Labute approximate surface area is 193 Å². The van der Waals surface area contributed by atoms with E-state index >= 15 is 0 Å². The van der Waals surface area contributed by atoms with Gasteiger partial charge in [-0.1, -0.05) is 18.2 Å². The molecule has 1 heterocycles. The average Bonchev–Trinajstić information content (AvgIpc) is 2.79. The van der Waals surface area contributed by atoms with Crippen LogP contribution in [0, 0.1) is 5.92 Å². The fraction of sp³-hybridized carbons (Fsp3) is 0.348. The molecule has 2 aromatic carbocycles. The molecule has 0 radical (unpaired) electrons. The second-order valence-electron chi connectivity index (χ2n) is 8.03. The van der Waals surface area contributed by atoms with Gasteiger partial charge in [-0.15, -0.1) is 0 Å². The van der Waals surface area contributed by atoms with Gasteiger partial charge in [-0.3, -0.25) is 14.4 Å². The van der Waals surface area contributed by atoms with Crippen LogP contribution >= 0.6 is 0 Å². The van der Waals surface area contributed by atoms with Crippen molar-refractivity contribution < 1.29 is 22.8 Å². The van der Waals surface area contributed by atoms with Crippen LogP contribution in [-0.4, -0.2) is 50.2 Å². The zero-order valence-electron chi connectivity index (χ0n) is 18.6. The molecule has 3 rings (SSSR count). The molecular formula is C23H28N4O5S. The highest BCUT2D eigenvalue weighted by Gasteiger charge is 2.32. The lowest BCUT2D eigenvalue weighted by molar-refractivity contribution is -0.135. The number of nitrogens with zero attached hydrogens (tertiary/aromatic N) is 1. The number of sulfonamides is 1. The molecule has 176 valence electrons. The van der Waals surface area contributed by atoms with Gasteiger partial charge in [0.25, 0.3) is 0 Å². The van der Waals surface area contributed by atoms with Crippen LogP contribution in [0.25, 0.3) is 0 Å². The molecule has 0 bridgehead atoms. The summed E-state index contributed by atoms with van der Waals surface area (Å²) >= 11 is 0. The van der Waals surface area contributed by atoms with Crippen molar-refractivity contribution in [1.82, 2.24) is 9.62 Å². The summed E-state index contributed by atoms with van der Waals surface area (Å²) in [5, 5.41) is 5.43. The first-order chi connectivity index (χ1) is 15.7. The normalized spacial score (nSPS) is 17.2. The minimum atomic E-state index is -3.95. The van der Waals surface area contributed by atoms with E-state index < -0.39 is 16.1 Å². The van der Waals surface area contributed by atoms with Gasteiger partial charge >= 0.3 is 0 Å². The Morgan fingerprint density at radius 3 is 2.24 bits per heavy atom. The molecule has 1 aliphatic rings. The summed E-state index contributed by atoms with van der Waals surface area (Å²) in [5.41, 5.74) is 1.16. The van der Waals surface area contributed by atoms with Crippen molar-refractivity contribution in [3.8, 4) is 0 Å². The van der Waals surface area contributed by atoms with Crippen molar-refractivity contribution in [2.75, 3.05) is 23.7 Å². The number of rotatable bonds is 7. The number of hydrogen-bond acceptors (Lipinski definition) is 5. The molecule has 9 nitrogen and oxygen atoms in total. The van der Waals surface area contributed by atoms with Crippen molar-refractivity contribution in [2.24, 2.45) is 5.92 Å². The van der Waals surface area contributed by atoms with Crippen molar-refractivity contribution in [2.45, 2.75) is 37.6 Å². The van der Waals surface area contributed by atoms with E-state index in [-0.39, 0.29) is 35.1 Å². The van der Waals surface area contributed by atoms with Gasteiger partial charge in [0.1, 0.15) is 0 Å². The number of carbonyl (C=O) groups excluding carboxylic acids is 3. The van der Waals surface area contributed by atoms with Crippen LogP contribution in [0.15, 0.2) is 59.5 Å². The summed E-state index contributed by atoms with van der Waals surface area (Å²) < 4.78 is 27.8. The summed E-state index contributed by atoms with van der Waals surface area (Å²) in [7, 11) is -3.95. The molecule has 10 heteroatoms. The van der Waals surface area contributed by atoms with Gasteiger partial charge in [-0.25, -0.2) is 8.42 Å². The molecule has 0 saturated carbocycles. The predicted molar refractivity (Wildman–Crippen MR) is 125 cm³/mol. The molecule has 0 spiro atoms. The SMILES string of the molecule is CC(=O)Nc1ccc(S(=O)(=O)N[C@@H](C)C(=O)N2CCC[C@@H](C(=O)Nc3ccccc3)C2)cc1. The van der Waals surface area contributed by atoms with Crippen LogP contribution in [0.1, 0.15) is 26.7 Å². The summed E-state index contributed by atoms with van der Waals surface area (Å²) in [5.74, 6) is -1.18. The lowest BCUT2D eigenvalue weighted by Crippen LogP contribution is -2.51. The van der Waals surface area contributed by atoms with E-state index in [2.05, 4.69) is 15.4 Å². The molecule has 3 amide bonds. The second kappa shape index (κ2) is 10.6. The number of hydrogen-bond donors (Lipinski definition) is 3. The quantitative estimate of drug-likeness (QED) is 0.570. The summed E-state index contributed by atoms with van der Waals surface area (Å²) in [4.78, 5) is 38.2. The minimum absolute atomic E-state index is 0.0185. The van der Waals surface area contributed by atoms with E-state index in [1.54, 1.807) is 12.1 Å². The predicted octanol–water partition coefficient (Wildman–Crippen LogP) is 2.19. The molecule has 0 aromatic heterocycles. The van der Waals surface area contributed by atoms with E-state index in [0.29, 0.717) is 30.8 Å². The number of carbonyl (C=O) groups is 3. The molecule has 1 saturated heterocycles. The van der Waals surface area contributed by atoms with Crippen LogP contribution in [0.3, 0.4) is 0 Å². The third-order valence-corrected chi connectivity index (χ3v) is 6.89. The first-order valence-corrected chi connectivity index (χ1v) is 12.2. The molecule has 0 aliphatic carbocycles. The zero-order chi connectivity index (χ0) is 24.0. The standard InChI is InChI=1S/C23H28N4O5S/c1-16(26-33(31,32)21-12-10-20(11-13-21)24-17(2)28)23(30)27-14-6-7-18(15-27)22(29)25-19-8-4-3-5-9-19/h3-5,8-13,16,18,26H,6-7,14-15H2,1-2H3,(H,24,28)(H,25,29)/t16-,18+/m0/s1. The Morgan fingerprint density at radius 1 is 0.970 bits per heavy atom. The highest BCUT2D eigenvalue weighted by molar-refractivity contribution is 7.89. The second-order valence-corrected chi connectivity index (χ2v) is 9.74. The third-order valence-electron chi connectivity index (χ3n) is 5.33. The molecule has 2 aromatic rings. The highest BCUT2D eigenvalue weighted by atomic mass is 32.2. The van der Waals surface area contributed by atoms with Crippen LogP contribution in [-0.2, 0) is 24.4 Å². The van der Waals surface area contributed by atoms with Gasteiger partial charge in [0.05, 0.1) is 16.9 Å². The van der Waals surface area contributed by atoms with Gasteiger partial charge in [0.2, 0.25) is 27.7 Å². The van der Waals surface area contributed by atoms with E-state index in [9.17, 15) is 22.8 Å². The molecule has 0 unspecified atom stereocenters. The summed E-state index contributed by atoms with van der Waals surface area (Å²) in [6.45, 7) is 3.54. The van der Waals surface area contributed by atoms with E-state index in [4.69, 9.17) is 0 Å². The number of amides is 3. The lowest BCUT2D eigenvalue weighted by Gasteiger charge is -2.33. The summed E-state index contributed by atoms with van der Waals surface area (Å²) in [6.07, 6.45) is 1.31. The Bertz CT molecular complexity index is 1100. The molecule has 33 heavy (non-hydrogen) atoms. The van der Waals surface area contributed by atoms with Crippen molar-refractivity contribution in [3.05, 3.63) is 54.6 Å². The van der Waals surface area contributed by atoms with Crippen molar-refractivity contribution in [3.63, 3.8) is 0 Å². The fourth-order valence-corrected chi connectivity index (χ4v) is 4.90. The third kappa shape index (κ3) is 6.62. The molecular weight excluding hydrogens is 444 g/mol. The number of anilines is 2. The van der Waals surface area contributed by atoms with Crippen LogP contribution in [0.5, 0.6) is 0 Å². The smallest absolute Gasteiger partial charge is 0.241 e. The zero-order valence-corrected chi connectivity index (χ0v) is 19.4. The Hall–Kier alpha value is -3.24. The van der Waals surface area contributed by atoms with Crippen LogP contribution < -0.4 is 15.4 Å². The average molecular weight is 473 g/mol. The molecule has 1 fully saturated rings. The van der Waals surface area contributed by atoms with Gasteiger partial charge in [0, 0.05) is 31.4 Å². The molecule has 3 N–H and O–H groups in total. The fourth-order valence-electron chi connectivity index (χ4n) is 3.70. The van der Waals surface area contributed by atoms with E-state index in [1.807, 2.05) is 18.2 Å². The largest absolute Gasteiger partial charge is 0.341 e. The van der Waals surface area contributed by atoms with Gasteiger partial charge in [-0.05, 0) is 56.2 Å². The number of likely N-dealkylation sites (tertiary alicyclic amines) is 1. The maximum atomic E-state index is 12.9. The topological polar surface area (TPSA) is 125 Å². The number of para-hydroxylation sites is 1. The van der Waals surface area contributed by atoms with Gasteiger partial charge in [0.15, 0.2) is 0 Å². The number of nitrogens with one attached hydrogen (secondary N) is 3. The Morgan fingerprint density at radius 2 is 1.61 bits per heavy atom. The maximum absolute atomic E-state index is 12.9. The molecule has 1 aliphatic heterocycles. The van der Waals surface area contributed by atoms with E-state index in [0.717, 1.165) is 0 Å². The first kappa shape index (κ1) is 24.4. The molecule has 2 atom stereocenters. The maximum Gasteiger partial charge on any atom is 0.241 e. The number of piperidine rings is 1. The van der Waals surface area contributed by atoms with Gasteiger partial charge in [-0.2, -0.15) is 4.72 Å². The number of benzene rings is 2. The van der Waals surface area contributed by atoms with Crippen molar-refractivity contribution in [1.29, 1.82) is 0 Å². The van der Waals surface area contributed by atoms with E-state index in [1.165, 1.54) is 43.0 Å². The van der Waals surface area contributed by atoms with Crippen LogP contribution in [0.2, 0.25) is 0 Å². The lowest BCUT2D eigenvalue weighted by atomic mass is 9.96. The highest BCUT2D eigenvalue weighted by Crippen LogP contribution is 2.20. The monoisotopic (exact) mass is 472 g/mol. The van der Waals surface area contributed by atoms with Crippen LogP contribution in [0.4, 0.5) is 11.4 Å².